The summed E-state index contributed by atoms with van der Waals surface area (Å²) in [7, 11) is 0. The van der Waals surface area contributed by atoms with Crippen molar-refractivity contribution < 1.29 is 14.4 Å². The fraction of sp³-hybridized carbons (Fsp3) is 0.167. The number of amides is 3. The molecule has 0 unspecified atom stereocenters. The molecule has 0 bridgehead atoms. The minimum atomic E-state index is -0.533. The number of benzene rings is 2. The van der Waals surface area contributed by atoms with E-state index in [0.29, 0.717) is 22.1 Å². The van der Waals surface area contributed by atoms with E-state index in [1.54, 1.807) is 49.4 Å². The lowest BCUT2D eigenvalue weighted by molar-refractivity contribution is -0.128. The highest BCUT2D eigenvalue weighted by Gasteiger charge is 2.35. The summed E-state index contributed by atoms with van der Waals surface area (Å²) in [5.41, 5.74) is 1.40. The second-order valence-corrected chi connectivity index (χ2v) is 5.79. The zero-order chi connectivity index (χ0) is 17.3. The molecule has 0 radical (unpaired) electrons. The Kier molecular flexibility index (Phi) is 4.36. The van der Waals surface area contributed by atoms with E-state index >= 15 is 0 Å². The Morgan fingerprint density at radius 3 is 2.42 bits per heavy atom. The van der Waals surface area contributed by atoms with Crippen molar-refractivity contribution in [2.24, 2.45) is 0 Å². The number of rotatable bonds is 2. The van der Waals surface area contributed by atoms with Crippen LogP contribution < -0.4 is 9.80 Å². The van der Waals surface area contributed by atoms with Crippen LogP contribution in [0.25, 0.3) is 0 Å². The zero-order valence-corrected chi connectivity index (χ0v) is 13.8. The van der Waals surface area contributed by atoms with Crippen molar-refractivity contribution in [3.8, 4) is 0 Å². The molecule has 5 nitrogen and oxygen atoms in total. The molecule has 0 atom stereocenters. The molecule has 2 aromatic carbocycles. The number of fused-ring (bicyclic) bond motifs is 1. The first-order valence-electron chi connectivity index (χ1n) is 7.56. The van der Waals surface area contributed by atoms with Gasteiger partial charge < -0.3 is 0 Å². The van der Waals surface area contributed by atoms with Gasteiger partial charge in [-0.15, -0.1) is 0 Å². The second kappa shape index (κ2) is 6.45. The Morgan fingerprint density at radius 1 is 1.04 bits per heavy atom. The summed E-state index contributed by atoms with van der Waals surface area (Å²) < 4.78 is 0. The molecule has 1 aliphatic heterocycles. The third-order valence-electron chi connectivity index (χ3n) is 3.79. The van der Waals surface area contributed by atoms with Crippen molar-refractivity contribution in [1.29, 1.82) is 0 Å². The van der Waals surface area contributed by atoms with E-state index < -0.39 is 11.8 Å². The van der Waals surface area contributed by atoms with Gasteiger partial charge in [0, 0.05) is 17.1 Å². The van der Waals surface area contributed by atoms with E-state index in [-0.39, 0.29) is 18.7 Å². The molecule has 0 spiro atoms. The summed E-state index contributed by atoms with van der Waals surface area (Å²) in [6.07, 6.45) is -0.222. The standard InChI is InChI=1S/C18H15ClN2O3/c1-2-16(22)21-14-9-8-12(19)10-15(14)20(17(23)11-18(21)24)13-6-4-3-5-7-13/h3-10H,2,11H2,1H3. The van der Waals surface area contributed by atoms with Gasteiger partial charge >= 0.3 is 0 Å². The highest BCUT2D eigenvalue weighted by atomic mass is 35.5. The van der Waals surface area contributed by atoms with Crippen molar-refractivity contribution in [1.82, 2.24) is 0 Å². The van der Waals surface area contributed by atoms with Crippen molar-refractivity contribution in [2.45, 2.75) is 19.8 Å². The van der Waals surface area contributed by atoms with Crippen molar-refractivity contribution in [3.63, 3.8) is 0 Å². The minimum absolute atomic E-state index is 0.160. The predicted molar refractivity (Wildman–Crippen MR) is 92.4 cm³/mol. The largest absolute Gasteiger partial charge is 0.278 e. The smallest absolute Gasteiger partial charge is 0.243 e. The molecule has 122 valence electrons. The Labute approximate surface area is 144 Å². The molecular weight excluding hydrogens is 328 g/mol. The summed E-state index contributed by atoms with van der Waals surface area (Å²) in [6.45, 7) is 1.67. The average Bonchev–Trinajstić information content (AvgIpc) is 2.67. The number of halogens is 1. The number of carbonyl (C=O) groups excluding carboxylic acids is 3. The molecule has 0 saturated heterocycles. The van der Waals surface area contributed by atoms with E-state index in [0.717, 1.165) is 4.90 Å². The van der Waals surface area contributed by atoms with Crippen molar-refractivity contribution in [2.75, 3.05) is 9.80 Å². The first-order valence-corrected chi connectivity index (χ1v) is 7.94. The van der Waals surface area contributed by atoms with E-state index in [1.165, 1.54) is 4.90 Å². The molecule has 0 aliphatic carbocycles. The Morgan fingerprint density at radius 2 is 1.75 bits per heavy atom. The maximum Gasteiger partial charge on any atom is 0.243 e. The maximum atomic E-state index is 12.7. The van der Waals surface area contributed by atoms with Crippen LogP contribution >= 0.6 is 11.6 Å². The molecule has 1 heterocycles. The van der Waals surface area contributed by atoms with Crippen LogP contribution in [0.4, 0.5) is 17.1 Å². The van der Waals surface area contributed by atoms with Crippen LogP contribution in [0.3, 0.4) is 0 Å². The number of hydrogen-bond donors (Lipinski definition) is 0. The predicted octanol–water partition coefficient (Wildman–Crippen LogP) is 3.68. The minimum Gasteiger partial charge on any atom is -0.278 e. The molecule has 6 heteroatoms. The van der Waals surface area contributed by atoms with Crippen LogP contribution in [0, 0.1) is 0 Å². The van der Waals surface area contributed by atoms with Crippen LogP contribution in [0.1, 0.15) is 19.8 Å². The van der Waals surface area contributed by atoms with E-state index in [2.05, 4.69) is 0 Å². The van der Waals surface area contributed by atoms with E-state index in [1.807, 2.05) is 6.07 Å². The molecule has 0 saturated carbocycles. The molecule has 0 aromatic heterocycles. The summed E-state index contributed by atoms with van der Waals surface area (Å²) >= 11 is 6.10. The number of anilines is 3. The van der Waals surface area contributed by atoms with Crippen LogP contribution in [-0.4, -0.2) is 17.7 Å². The number of imide groups is 1. The van der Waals surface area contributed by atoms with Crippen LogP contribution in [0.2, 0.25) is 5.02 Å². The average molecular weight is 343 g/mol. The van der Waals surface area contributed by atoms with Crippen molar-refractivity contribution in [3.05, 3.63) is 53.6 Å². The molecule has 0 fully saturated rings. The normalized spacial score (nSPS) is 14.4. The third-order valence-corrected chi connectivity index (χ3v) is 4.02. The number of para-hydroxylation sites is 1. The van der Waals surface area contributed by atoms with Gasteiger partial charge in [-0.1, -0.05) is 36.7 Å². The van der Waals surface area contributed by atoms with Crippen LogP contribution in [-0.2, 0) is 14.4 Å². The summed E-state index contributed by atoms with van der Waals surface area (Å²) in [6, 6.07) is 13.8. The monoisotopic (exact) mass is 342 g/mol. The number of nitrogens with zero attached hydrogens (tertiary/aromatic N) is 2. The fourth-order valence-corrected chi connectivity index (χ4v) is 2.88. The van der Waals surface area contributed by atoms with Gasteiger partial charge in [0.15, 0.2) is 0 Å². The Balaban J connectivity index is 2.25. The SMILES string of the molecule is CCC(=O)N1C(=O)CC(=O)N(c2ccccc2)c2cc(Cl)ccc21. The molecule has 2 aromatic rings. The van der Waals surface area contributed by atoms with Crippen LogP contribution in [0.15, 0.2) is 48.5 Å². The van der Waals surface area contributed by atoms with Gasteiger partial charge in [0.25, 0.3) is 0 Å². The first-order chi connectivity index (χ1) is 11.5. The van der Waals surface area contributed by atoms with Gasteiger partial charge in [0.2, 0.25) is 17.7 Å². The summed E-state index contributed by atoms with van der Waals surface area (Å²) in [5, 5.41) is 0.417. The zero-order valence-electron chi connectivity index (χ0n) is 13.0. The first kappa shape index (κ1) is 16.2. The number of hydrogen-bond acceptors (Lipinski definition) is 3. The lowest BCUT2D eigenvalue weighted by Crippen LogP contribution is -2.36. The lowest BCUT2D eigenvalue weighted by Gasteiger charge is -2.24. The summed E-state index contributed by atoms with van der Waals surface area (Å²) in [4.78, 5) is 39.9. The highest BCUT2D eigenvalue weighted by Crippen LogP contribution is 2.39. The van der Waals surface area contributed by atoms with E-state index in [9.17, 15) is 14.4 Å². The Hall–Kier alpha value is -2.66. The van der Waals surface area contributed by atoms with Gasteiger partial charge in [-0.25, -0.2) is 4.90 Å². The van der Waals surface area contributed by atoms with Gasteiger partial charge in [0.1, 0.15) is 6.42 Å². The molecule has 0 N–H and O–H groups in total. The summed E-state index contributed by atoms with van der Waals surface area (Å²) in [5.74, 6) is -1.29. The fourth-order valence-electron chi connectivity index (χ4n) is 2.71. The molecular formula is C18H15ClN2O3. The quantitative estimate of drug-likeness (QED) is 0.782. The second-order valence-electron chi connectivity index (χ2n) is 5.35. The van der Waals surface area contributed by atoms with Gasteiger partial charge in [-0.05, 0) is 30.3 Å². The molecule has 1 aliphatic rings. The van der Waals surface area contributed by atoms with Gasteiger partial charge in [-0.2, -0.15) is 0 Å². The van der Waals surface area contributed by atoms with Gasteiger partial charge in [-0.3, -0.25) is 19.3 Å². The topological polar surface area (TPSA) is 57.7 Å². The molecule has 3 rings (SSSR count). The molecule has 3 amide bonds. The highest BCUT2D eigenvalue weighted by molar-refractivity contribution is 6.32. The van der Waals surface area contributed by atoms with Gasteiger partial charge in [0.05, 0.1) is 11.4 Å². The Bertz CT molecular complexity index is 820. The lowest BCUT2D eigenvalue weighted by atomic mass is 10.2. The van der Waals surface area contributed by atoms with Crippen molar-refractivity contribution >= 4 is 46.4 Å². The molecule has 24 heavy (non-hydrogen) atoms. The number of carbonyl (C=O) groups is 3. The third kappa shape index (κ3) is 2.78. The maximum absolute atomic E-state index is 12.7. The van der Waals surface area contributed by atoms with Crippen LogP contribution in [0.5, 0.6) is 0 Å². The van der Waals surface area contributed by atoms with E-state index in [4.69, 9.17) is 11.6 Å².